The SMILES string of the molecule is CN[C@H](C(=O)N[C@H](C(=O)N(C)[C@H](/C=C(\C)C(=O)NS(=O)(=O)Cc1ccccc1)C(C)C)C(C)(C)C)C(C)(C)c1ccc(CN)cc1. The molecule has 0 unspecified atom stereocenters. The van der Waals surface area contributed by atoms with Crippen molar-refractivity contribution < 1.29 is 22.8 Å². The largest absolute Gasteiger partial charge is 0.342 e. The molecule has 0 aliphatic rings. The van der Waals surface area contributed by atoms with Gasteiger partial charge in [-0.2, -0.15) is 0 Å². The van der Waals surface area contributed by atoms with Crippen molar-refractivity contribution in [2.75, 3.05) is 14.1 Å². The van der Waals surface area contributed by atoms with Crippen LogP contribution >= 0.6 is 0 Å². The van der Waals surface area contributed by atoms with E-state index in [9.17, 15) is 22.8 Å². The summed E-state index contributed by atoms with van der Waals surface area (Å²) in [4.78, 5) is 42.4. The number of carbonyl (C=O) groups is 3. The van der Waals surface area contributed by atoms with Crippen LogP contribution in [0.5, 0.6) is 0 Å². The molecule has 10 nitrogen and oxygen atoms in total. The summed E-state index contributed by atoms with van der Waals surface area (Å²) in [6.45, 7) is 15.3. The van der Waals surface area contributed by atoms with Crippen molar-refractivity contribution in [3.63, 3.8) is 0 Å². The van der Waals surface area contributed by atoms with Gasteiger partial charge in [0.25, 0.3) is 5.91 Å². The van der Waals surface area contributed by atoms with Crippen LogP contribution in [0.3, 0.4) is 0 Å². The fourth-order valence-electron chi connectivity index (χ4n) is 5.42. The van der Waals surface area contributed by atoms with Crippen LogP contribution in [-0.4, -0.2) is 63.3 Å². The summed E-state index contributed by atoms with van der Waals surface area (Å²) in [6, 6.07) is 14.3. The minimum absolute atomic E-state index is 0.130. The molecule has 0 heterocycles. The first-order valence-electron chi connectivity index (χ1n) is 15.6. The highest BCUT2D eigenvalue weighted by Gasteiger charge is 2.41. The van der Waals surface area contributed by atoms with Crippen molar-refractivity contribution >= 4 is 27.7 Å². The van der Waals surface area contributed by atoms with Gasteiger partial charge >= 0.3 is 0 Å². The summed E-state index contributed by atoms with van der Waals surface area (Å²) >= 11 is 0. The smallest absolute Gasteiger partial charge is 0.260 e. The molecular formula is C35H53N5O5S. The number of nitrogens with zero attached hydrogens (tertiary/aromatic N) is 1. The number of benzene rings is 2. The number of hydrogen-bond donors (Lipinski definition) is 4. The molecule has 0 fully saturated rings. The molecular weight excluding hydrogens is 602 g/mol. The molecule has 3 amide bonds. The normalized spacial score (nSPS) is 14.7. The zero-order chi connectivity index (χ0) is 35.0. The molecule has 3 atom stereocenters. The van der Waals surface area contributed by atoms with E-state index in [1.165, 1.54) is 11.8 Å². The number of nitrogens with one attached hydrogen (secondary N) is 3. The molecule has 0 bridgehead atoms. The van der Waals surface area contributed by atoms with Crippen molar-refractivity contribution in [2.45, 2.75) is 91.2 Å². The number of rotatable bonds is 14. The minimum Gasteiger partial charge on any atom is -0.342 e. The van der Waals surface area contributed by atoms with E-state index in [-0.39, 0.29) is 29.1 Å². The van der Waals surface area contributed by atoms with Gasteiger partial charge in [-0.25, -0.2) is 13.1 Å². The summed E-state index contributed by atoms with van der Waals surface area (Å²) < 4.78 is 27.5. The number of hydrogen-bond acceptors (Lipinski definition) is 7. The molecule has 5 N–H and O–H groups in total. The maximum atomic E-state index is 14.1. The lowest BCUT2D eigenvalue weighted by Gasteiger charge is -2.40. The average Bonchev–Trinajstić information content (AvgIpc) is 2.97. The topological polar surface area (TPSA) is 151 Å². The fourth-order valence-corrected chi connectivity index (χ4v) is 6.56. The van der Waals surface area contributed by atoms with E-state index >= 15 is 0 Å². The maximum absolute atomic E-state index is 14.1. The van der Waals surface area contributed by atoms with Gasteiger partial charge in [0.2, 0.25) is 21.8 Å². The number of carbonyl (C=O) groups excluding carboxylic acids is 3. The molecule has 0 saturated heterocycles. The fraction of sp³-hybridized carbons (Fsp3) is 0.514. The molecule has 0 spiro atoms. The van der Waals surface area contributed by atoms with Crippen molar-refractivity contribution in [3.05, 3.63) is 82.9 Å². The van der Waals surface area contributed by atoms with Gasteiger partial charge in [0.1, 0.15) is 6.04 Å². The van der Waals surface area contributed by atoms with Crippen LogP contribution in [-0.2, 0) is 42.1 Å². The van der Waals surface area contributed by atoms with Gasteiger partial charge in [-0.1, -0.05) is 109 Å². The Morgan fingerprint density at radius 2 is 1.48 bits per heavy atom. The van der Waals surface area contributed by atoms with Crippen LogP contribution in [0.2, 0.25) is 0 Å². The Bertz CT molecular complexity index is 1480. The number of likely N-dealkylation sites (N-methyl/N-ethyl adjacent to an activating group) is 2. The summed E-state index contributed by atoms with van der Waals surface area (Å²) in [7, 11) is -0.599. The van der Waals surface area contributed by atoms with Gasteiger partial charge < -0.3 is 21.3 Å². The van der Waals surface area contributed by atoms with Crippen LogP contribution in [0.25, 0.3) is 0 Å². The third kappa shape index (κ3) is 10.2. The predicted molar refractivity (Wildman–Crippen MR) is 184 cm³/mol. The molecule has 11 heteroatoms. The van der Waals surface area contributed by atoms with Gasteiger partial charge in [-0.15, -0.1) is 0 Å². The average molecular weight is 656 g/mol. The standard InChI is InChI=1S/C35H53N5O5S/c1-23(2)28(20-24(3)31(41)39-46(44,45)22-26-14-12-11-13-15-26)40(10)33(43)30(34(4,5)6)38-32(42)29(37-9)35(7,8)27-18-16-25(21-36)17-19-27/h11-20,23,28-30,37H,21-22,36H2,1-10H3,(H,38,42)(H,39,41)/b24-20+/t28-,29-,30-/m1/s1. The Morgan fingerprint density at radius 1 is 0.913 bits per heavy atom. The Hall–Kier alpha value is -3.54. The van der Waals surface area contributed by atoms with Crippen LogP contribution < -0.4 is 21.1 Å². The van der Waals surface area contributed by atoms with Crippen LogP contribution in [0.15, 0.2) is 66.2 Å². The van der Waals surface area contributed by atoms with E-state index < -0.39 is 44.9 Å². The second-order valence-corrected chi connectivity index (χ2v) is 15.6. The van der Waals surface area contributed by atoms with Crippen molar-refractivity contribution in [3.8, 4) is 0 Å². The van der Waals surface area contributed by atoms with Gasteiger partial charge in [0.15, 0.2) is 0 Å². The Morgan fingerprint density at radius 3 is 1.96 bits per heavy atom. The monoisotopic (exact) mass is 655 g/mol. The van der Waals surface area contributed by atoms with Gasteiger partial charge in [0, 0.05) is 24.6 Å². The Balaban J connectivity index is 2.30. The van der Waals surface area contributed by atoms with E-state index in [4.69, 9.17) is 5.73 Å². The van der Waals surface area contributed by atoms with Crippen molar-refractivity contribution in [1.82, 2.24) is 20.3 Å². The summed E-state index contributed by atoms with van der Waals surface area (Å²) in [5.74, 6) is -1.89. The summed E-state index contributed by atoms with van der Waals surface area (Å²) in [6.07, 6.45) is 1.60. The molecule has 0 radical (unpaired) electrons. The molecule has 0 saturated carbocycles. The Labute approximate surface area is 275 Å². The molecule has 0 aromatic heterocycles. The van der Waals surface area contributed by atoms with E-state index in [1.807, 2.05) is 72.7 Å². The quantitative estimate of drug-likeness (QED) is 0.227. The second-order valence-electron chi connectivity index (χ2n) is 13.9. The van der Waals surface area contributed by atoms with E-state index in [1.54, 1.807) is 50.5 Å². The third-order valence-corrected chi connectivity index (χ3v) is 9.52. The number of nitrogens with two attached hydrogens (primary N) is 1. The molecule has 254 valence electrons. The van der Waals surface area contributed by atoms with Crippen molar-refractivity contribution in [2.24, 2.45) is 17.1 Å². The lowest BCUT2D eigenvalue weighted by atomic mass is 9.76. The molecule has 46 heavy (non-hydrogen) atoms. The van der Waals surface area contributed by atoms with Crippen LogP contribution in [0.1, 0.15) is 72.1 Å². The summed E-state index contributed by atoms with van der Waals surface area (Å²) in [5, 5.41) is 6.16. The highest BCUT2D eigenvalue weighted by molar-refractivity contribution is 7.89. The van der Waals surface area contributed by atoms with Crippen molar-refractivity contribution in [1.29, 1.82) is 0 Å². The van der Waals surface area contributed by atoms with E-state index in [2.05, 4.69) is 15.4 Å². The lowest BCUT2D eigenvalue weighted by molar-refractivity contribution is -0.140. The lowest BCUT2D eigenvalue weighted by Crippen LogP contribution is -2.61. The van der Waals surface area contributed by atoms with Gasteiger partial charge in [0.05, 0.1) is 17.8 Å². The first-order valence-corrected chi connectivity index (χ1v) is 17.2. The van der Waals surface area contributed by atoms with E-state index in [0.717, 1.165) is 11.1 Å². The molecule has 2 rings (SSSR count). The molecule has 0 aliphatic heterocycles. The highest BCUT2D eigenvalue weighted by Crippen LogP contribution is 2.29. The number of amides is 3. The van der Waals surface area contributed by atoms with Crippen LogP contribution in [0, 0.1) is 11.3 Å². The third-order valence-electron chi connectivity index (χ3n) is 8.31. The first kappa shape index (κ1) is 38.6. The molecule has 2 aromatic carbocycles. The Kier molecular flexibility index (Phi) is 13.3. The highest BCUT2D eigenvalue weighted by atomic mass is 32.2. The zero-order valence-corrected chi connectivity index (χ0v) is 29.8. The second kappa shape index (κ2) is 15.8. The molecule has 0 aliphatic carbocycles. The minimum atomic E-state index is -3.94. The molecule has 2 aromatic rings. The van der Waals surface area contributed by atoms with Gasteiger partial charge in [-0.3, -0.25) is 14.4 Å². The first-order chi connectivity index (χ1) is 21.2. The van der Waals surface area contributed by atoms with E-state index in [0.29, 0.717) is 12.1 Å². The summed E-state index contributed by atoms with van der Waals surface area (Å²) in [5.41, 5.74) is 7.12. The number of sulfonamides is 1. The van der Waals surface area contributed by atoms with Gasteiger partial charge in [-0.05, 0) is 42.0 Å². The predicted octanol–water partition coefficient (Wildman–Crippen LogP) is 3.62. The maximum Gasteiger partial charge on any atom is 0.260 e. The zero-order valence-electron chi connectivity index (χ0n) is 29.0. The van der Waals surface area contributed by atoms with Crippen LogP contribution in [0.4, 0.5) is 0 Å².